The van der Waals surface area contributed by atoms with Gasteiger partial charge >= 0.3 is 6.03 Å². The van der Waals surface area contributed by atoms with Crippen molar-refractivity contribution in [3.63, 3.8) is 0 Å². The Morgan fingerprint density at radius 1 is 1.25 bits per heavy atom. The van der Waals surface area contributed by atoms with Gasteiger partial charge in [-0.15, -0.1) is 0 Å². The Hall–Kier alpha value is -1.84. The Morgan fingerprint density at radius 3 is 2.30 bits per heavy atom. The predicted octanol–water partition coefficient (Wildman–Crippen LogP) is 3.47. The van der Waals surface area contributed by atoms with Gasteiger partial charge in [-0.1, -0.05) is 39.8 Å². The molecule has 20 heavy (non-hydrogen) atoms. The first-order chi connectivity index (χ1) is 9.36. The van der Waals surface area contributed by atoms with Gasteiger partial charge in [0.2, 0.25) is 0 Å². The maximum atomic E-state index is 11.8. The van der Waals surface area contributed by atoms with E-state index in [-0.39, 0.29) is 17.5 Å². The van der Waals surface area contributed by atoms with Crippen LogP contribution in [-0.4, -0.2) is 18.4 Å². The number of hydrogen-bond acceptors (Lipinski definition) is 2. The van der Waals surface area contributed by atoms with Crippen molar-refractivity contribution in [2.75, 3.05) is 5.32 Å². The number of rotatable bonds is 5. The van der Waals surface area contributed by atoms with Gasteiger partial charge in [0.25, 0.3) is 0 Å². The largest absolute Gasteiger partial charge is 0.335 e. The van der Waals surface area contributed by atoms with E-state index in [1.165, 1.54) is 5.56 Å². The highest BCUT2D eigenvalue weighted by atomic mass is 16.2. The summed E-state index contributed by atoms with van der Waals surface area (Å²) in [6.45, 7) is 8.38. The lowest BCUT2D eigenvalue weighted by atomic mass is 9.87. The summed E-state index contributed by atoms with van der Waals surface area (Å²) >= 11 is 0. The lowest BCUT2D eigenvalue weighted by Crippen LogP contribution is -2.37. The molecule has 0 aliphatic rings. The Labute approximate surface area is 121 Å². The standard InChI is InChI=1S/C16H24N2O2/c1-5-13(10-11-19)17-15(20)18-14-8-6-12(7-9-14)16(2,3)4/h6-9,11,13H,5,10H2,1-4H3,(H2,17,18,20). The fraction of sp³-hybridized carbons (Fsp3) is 0.500. The van der Waals surface area contributed by atoms with Crippen LogP contribution in [0.5, 0.6) is 0 Å². The fourth-order valence-corrected chi connectivity index (χ4v) is 1.85. The molecule has 1 aromatic rings. The van der Waals surface area contributed by atoms with Crippen molar-refractivity contribution < 1.29 is 9.59 Å². The second-order valence-electron chi connectivity index (χ2n) is 5.93. The minimum Gasteiger partial charge on any atom is -0.335 e. The highest BCUT2D eigenvalue weighted by Crippen LogP contribution is 2.23. The summed E-state index contributed by atoms with van der Waals surface area (Å²) in [6.07, 6.45) is 1.90. The van der Waals surface area contributed by atoms with Gasteiger partial charge in [-0.05, 0) is 29.5 Å². The maximum Gasteiger partial charge on any atom is 0.319 e. The summed E-state index contributed by atoms with van der Waals surface area (Å²) < 4.78 is 0. The van der Waals surface area contributed by atoms with Crippen molar-refractivity contribution >= 4 is 18.0 Å². The average Bonchev–Trinajstić information content (AvgIpc) is 2.37. The zero-order chi connectivity index (χ0) is 15.2. The second kappa shape index (κ2) is 7.08. The van der Waals surface area contributed by atoms with Crippen LogP contribution >= 0.6 is 0 Å². The normalized spacial score (nSPS) is 12.6. The third-order valence-corrected chi connectivity index (χ3v) is 3.22. The number of carbonyl (C=O) groups is 2. The lowest BCUT2D eigenvalue weighted by molar-refractivity contribution is -0.108. The van der Waals surface area contributed by atoms with Gasteiger partial charge in [0.1, 0.15) is 6.29 Å². The van der Waals surface area contributed by atoms with Crippen molar-refractivity contribution in [1.29, 1.82) is 0 Å². The summed E-state index contributed by atoms with van der Waals surface area (Å²) in [5.74, 6) is 0. The van der Waals surface area contributed by atoms with Crippen LogP contribution < -0.4 is 10.6 Å². The van der Waals surface area contributed by atoms with Crippen molar-refractivity contribution in [2.45, 2.75) is 52.0 Å². The molecule has 0 saturated carbocycles. The first-order valence-electron chi connectivity index (χ1n) is 6.98. The van der Waals surface area contributed by atoms with Crippen molar-refractivity contribution in [3.05, 3.63) is 29.8 Å². The van der Waals surface area contributed by atoms with Crippen molar-refractivity contribution in [1.82, 2.24) is 5.32 Å². The van der Waals surface area contributed by atoms with E-state index in [0.717, 1.165) is 18.4 Å². The molecular formula is C16H24N2O2. The molecule has 1 unspecified atom stereocenters. The Kier molecular flexibility index (Phi) is 5.74. The number of amides is 2. The molecular weight excluding hydrogens is 252 g/mol. The number of hydrogen-bond donors (Lipinski definition) is 2. The van der Waals surface area contributed by atoms with Crippen LogP contribution in [0.1, 0.15) is 46.1 Å². The zero-order valence-corrected chi connectivity index (χ0v) is 12.7. The van der Waals surface area contributed by atoms with E-state index in [4.69, 9.17) is 0 Å². The lowest BCUT2D eigenvalue weighted by Gasteiger charge is -2.19. The summed E-state index contributed by atoms with van der Waals surface area (Å²) in [6, 6.07) is 7.42. The molecule has 110 valence electrons. The first-order valence-corrected chi connectivity index (χ1v) is 6.98. The summed E-state index contributed by atoms with van der Waals surface area (Å²) in [5.41, 5.74) is 2.06. The summed E-state index contributed by atoms with van der Waals surface area (Å²) in [5, 5.41) is 5.56. The second-order valence-corrected chi connectivity index (χ2v) is 5.93. The van der Waals surface area contributed by atoms with Crippen LogP contribution in [0.2, 0.25) is 0 Å². The monoisotopic (exact) mass is 276 g/mol. The molecule has 0 aromatic heterocycles. The number of nitrogens with one attached hydrogen (secondary N) is 2. The van der Waals surface area contributed by atoms with Gasteiger partial charge in [-0.2, -0.15) is 0 Å². The molecule has 4 nitrogen and oxygen atoms in total. The zero-order valence-electron chi connectivity index (χ0n) is 12.7. The molecule has 2 amide bonds. The van der Waals surface area contributed by atoms with Crippen molar-refractivity contribution in [2.24, 2.45) is 0 Å². The van der Waals surface area contributed by atoms with E-state index in [1.54, 1.807) is 0 Å². The van der Waals surface area contributed by atoms with E-state index in [2.05, 4.69) is 31.4 Å². The molecule has 0 fully saturated rings. The predicted molar refractivity (Wildman–Crippen MR) is 82.1 cm³/mol. The third-order valence-electron chi connectivity index (χ3n) is 3.22. The van der Waals surface area contributed by atoms with Crippen LogP contribution in [0.4, 0.5) is 10.5 Å². The fourth-order valence-electron chi connectivity index (χ4n) is 1.85. The number of carbonyl (C=O) groups excluding carboxylic acids is 2. The number of benzene rings is 1. The smallest absolute Gasteiger partial charge is 0.319 e. The van der Waals surface area contributed by atoms with Crippen LogP contribution in [0.25, 0.3) is 0 Å². The first kappa shape index (κ1) is 16.2. The Bertz CT molecular complexity index is 447. The number of aldehydes is 1. The van der Waals surface area contributed by atoms with Gasteiger partial charge in [-0.25, -0.2) is 4.79 Å². The molecule has 0 aliphatic heterocycles. The van der Waals surface area contributed by atoms with E-state index in [9.17, 15) is 9.59 Å². The summed E-state index contributed by atoms with van der Waals surface area (Å²) in [7, 11) is 0. The topological polar surface area (TPSA) is 58.2 Å². The number of anilines is 1. The molecule has 0 radical (unpaired) electrons. The molecule has 0 spiro atoms. The SMILES string of the molecule is CCC(CC=O)NC(=O)Nc1ccc(C(C)(C)C)cc1. The van der Waals surface area contributed by atoms with Gasteiger partial charge in [0.05, 0.1) is 0 Å². The van der Waals surface area contributed by atoms with E-state index in [0.29, 0.717) is 6.42 Å². The molecule has 0 aliphatic carbocycles. The van der Waals surface area contributed by atoms with E-state index in [1.807, 2.05) is 31.2 Å². The van der Waals surface area contributed by atoms with Gasteiger partial charge in [0.15, 0.2) is 0 Å². The minimum absolute atomic E-state index is 0.0953. The van der Waals surface area contributed by atoms with E-state index >= 15 is 0 Å². The van der Waals surface area contributed by atoms with Gasteiger partial charge < -0.3 is 15.4 Å². The average molecular weight is 276 g/mol. The maximum absolute atomic E-state index is 11.8. The highest BCUT2D eigenvalue weighted by Gasteiger charge is 2.13. The van der Waals surface area contributed by atoms with Crippen LogP contribution in [-0.2, 0) is 10.2 Å². The molecule has 1 rings (SSSR count). The Morgan fingerprint density at radius 2 is 1.85 bits per heavy atom. The molecule has 0 heterocycles. The van der Waals surface area contributed by atoms with Crippen LogP contribution in [0.15, 0.2) is 24.3 Å². The Balaban J connectivity index is 2.60. The van der Waals surface area contributed by atoms with Gasteiger partial charge in [-0.3, -0.25) is 0 Å². The van der Waals surface area contributed by atoms with E-state index < -0.39 is 0 Å². The molecule has 0 saturated heterocycles. The highest BCUT2D eigenvalue weighted by molar-refractivity contribution is 5.89. The minimum atomic E-state index is -0.276. The van der Waals surface area contributed by atoms with Gasteiger partial charge in [0, 0.05) is 18.2 Å². The van der Waals surface area contributed by atoms with Crippen LogP contribution in [0, 0.1) is 0 Å². The van der Waals surface area contributed by atoms with Crippen LogP contribution in [0.3, 0.4) is 0 Å². The number of urea groups is 1. The molecule has 0 bridgehead atoms. The van der Waals surface area contributed by atoms with Crippen molar-refractivity contribution in [3.8, 4) is 0 Å². The quantitative estimate of drug-likeness (QED) is 0.809. The molecule has 4 heteroatoms. The molecule has 1 aromatic carbocycles. The third kappa shape index (κ3) is 5.03. The summed E-state index contributed by atoms with van der Waals surface area (Å²) in [4.78, 5) is 22.3. The molecule has 2 N–H and O–H groups in total. The molecule has 1 atom stereocenters.